The summed E-state index contributed by atoms with van der Waals surface area (Å²) in [7, 11) is -3.72. The van der Waals surface area contributed by atoms with Crippen molar-refractivity contribution < 1.29 is 22.4 Å². The number of piperidine rings is 1. The van der Waals surface area contributed by atoms with Gasteiger partial charge in [0.25, 0.3) is 5.91 Å². The molecular weight excluding hydrogens is 430 g/mol. The summed E-state index contributed by atoms with van der Waals surface area (Å²) in [5.74, 6) is 1.18. The molecule has 1 N–H and O–H groups in total. The Bertz CT molecular complexity index is 1020. The molecule has 1 atom stereocenters. The second kappa shape index (κ2) is 10.2. The molecule has 174 valence electrons. The van der Waals surface area contributed by atoms with Gasteiger partial charge in [-0.15, -0.1) is 0 Å². The Balaban J connectivity index is 1.53. The monoisotopic (exact) mass is 461 g/mol. The van der Waals surface area contributed by atoms with E-state index in [-0.39, 0.29) is 16.5 Å². The summed E-state index contributed by atoms with van der Waals surface area (Å²) < 4.78 is 39.3. The van der Waals surface area contributed by atoms with Crippen molar-refractivity contribution in [3.8, 4) is 0 Å². The van der Waals surface area contributed by atoms with Gasteiger partial charge in [0.1, 0.15) is 11.5 Å². The zero-order valence-corrected chi connectivity index (χ0v) is 19.3. The predicted octanol–water partition coefficient (Wildman–Crippen LogP) is 2.57. The highest BCUT2D eigenvalue weighted by molar-refractivity contribution is 7.89. The number of hydrogen-bond acceptors (Lipinski definition) is 6. The lowest BCUT2D eigenvalue weighted by atomic mass is 10.1. The van der Waals surface area contributed by atoms with Crippen molar-refractivity contribution in [2.24, 2.45) is 0 Å². The van der Waals surface area contributed by atoms with E-state index in [9.17, 15) is 13.2 Å². The first-order chi connectivity index (χ1) is 15.5. The predicted molar refractivity (Wildman–Crippen MR) is 120 cm³/mol. The zero-order valence-electron chi connectivity index (χ0n) is 18.5. The number of nitrogens with zero attached hydrogens (tertiary/aromatic N) is 2. The number of nitrogens with one attached hydrogen (secondary N) is 1. The average molecular weight is 462 g/mol. The van der Waals surface area contributed by atoms with Crippen LogP contribution in [-0.4, -0.2) is 69.5 Å². The first-order valence-electron chi connectivity index (χ1n) is 11.2. The minimum absolute atomic E-state index is 0.0659. The van der Waals surface area contributed by atoms with Gasteiger partial charge in [-0.1, -0.05) is 18.6 Å². The summed E-state index contributed by atoms with van der Waals surface area (Å²) >= 11 is 0. The summed E-state index contributed by atoms with van der Waals surface area (Å²) in [6.45, 7) is 5.91. The molecule has 2 saturated heterocycles. The summed E-state index contributed by atoms with van der Waals surface area (Å²) in [4.78, 5) is 15.4. The second-order valence-corrected chi connectivity index (χ2v) is 10.2. The number of carbonyl (C=O) groups is 1. The number of furan rings is 1. The van der Waals surface area contributed by atoms with Gasteiger partial charge >= 0.3 is 0 Å². The highest BCUT2D eigenvalue weighted by atomic mass is 32.2. The molecule has 1 aromatic heterocycles. The highest BCUT2D eigenvalue weighted by Crippen LogP contribution is 2.25. The molecule has 32 heavy (non-hydrogen) atoms. The Labute approximate surface area is 189 Å². The van der Waals surface area contributed by atoms with Crippen LogP contribution in [-0.2, 0) is 14.8 Å². The fourth-order valence-electron chi connectivity index (χ4n) is 4.34. The van der Waals surface area contributed by atoms with Gasteiger partial charge in [-0.3, -0.25) is 9.69 Å². The van der Waals surface area contributed by atoms with Crippen LogP contribution < -0.4 is 5.32 Å². The first-order valence-corrected chi connectivity index (χ1v) is 12.7. The van der Waals surface area contributed by atoms with Crippen molar-refractivity contribution in [2.45, 2.75) is 37.1 Å². The summed E-state index contributed by atoms with van der Waals surface area (Å²) in [6.07, 6.45) is 2.72. The Morgan fingerprint density at radius 1 is 1.03 bits per heavy atom. The molecule has 0 saturated carbocycles. The van der Waals surface area contributed by atoms with Gasteiger partial charge in [-0.2, -0.15) is 4.31 Å². The van der Waals surface area contributed by atoms with E-state index in [1.807, 2.05) is 19.1 Å². The van der Waals surface area contributed by atoms with E-state index < -0.39 is 15.9 Å². The van der Waals surface area contributed by atoms with Crippen molar-refractivity contribution >= 4 is 15.9 Å². The number of rotatable bonds is 7. The van der Waals surface area contributed by atoms with E-state index >= 15 is 0 Å². The number of ether oxygens (including phenoxy) is 1. The van der Waals surface area contributed by atoms with Gasteiger partial charge in [-0.05, 0) is 44.0 Å². The molecular formula is C23H31N3O5S. The lowest BCUT2D eigenvalue weighted by Gasteiger charge is -2.33. The molecule has 0 bridgehead atoms. The minimum Gasteiger partial charge on any atom is -0.465 e. The van der Waals surface area contributed by atoms with Crippen molar-refractivity contribution in [3.05, 3.63) is 53.5 Å². The molecule has 0 aliphatic carbocycles. The average Bonchev–Trinajstić information content (AvgIpc) is 3.26. The maximum Gasteiger partial charge on any atom is 0.252 e. The van der Waals surface area contributed by atoms with Gasteiger partial charge in [0.15, 0.2) is 0 Å². The molecule has 9 heteroatoms. The number of aryl methyl sites for hydroxylation is 1. The largest absolute Gasteiger partial charge is 0.465 e. The fraction of sp³-hybridized carbons (Fsp3) is 0.522. The smallest absolute Gasteiger partial charge is 0.252 e. The lowest BCUT2D eigenvalue weighted by Crippen LogP contribution is -2.44. The van der Waals surface area contributed by atoms with E-state index in [1.54, 1.807) is 18.2 Å². The molecule has 4 rings (SSSR count). The Hall–Kier alpha value is -2.20. The fourth-order valence-corrected chi connectivity index (χ4v) is 6.05. The highest BCUT2D eigenvalue weighted by Gasteiger charge is 2.31. The van der Waals surface area contributed by atoms with E-state index in [2.05, 4.69) is 10.2 Å². The van der Waals surface area contributed by atoms with E-state index in [1.165, 1.54) is 10.4 Å². The van der Waals surface area contributed by atoms with Crippen LogP contribution in [0.5, 0.6) is 0 Å². The van der Waals surface area contributed by atoms with Crippen LogP contribution in [0, 0.1) is 6.92 Å². The first kappa shape index (κ1) is 23.0. The normalized spacial score (nSPS) is 19.5. The lowest BCUT2D eigenvalue weighted by molar-refractivity contribution is 0.0117. The Kier molecular flexibility index (Phi) is 7.30. The molecule has 1 unspecified atom stereocenters. The van der Waals surface area contributed by atoms with Gasteiger partial charge in [0.05, 0.1) is 29.7 Å². The molecule has 1 amide bonds. The van der Waals surface area contributed by atoms with Crippen LogP contribution in [0.1, 0.15) is 47.2 Å². The quantitative estimate of drug-likeness (QED) is 0.681. The van der Waals surface area contributed by atoms with E-state index in [0.29, 0.717) is 32.8 Å². The molecule has 0 spiro atoms. The number of carbonyl (C=O) groups excluding carboxylic acids is 1. The topological polar surface area (TPSA) is 92.1 Å². The Morgan fingerprint density at radius 2 is 1.75 bits per heavy atom. The molecule has 1 aromatic carbocycles. The van der Waals surface area contributed by atoms with Crippen LogP contribution in [0.25, 0.3) is 0 Å². The van der Waals surface area contributed by atoms with E-state index in [4.69, 9.17) is 9.15 Å². The van der Waals surface area contributed by atoms with Crippen LogP contribution in [0.3, 0.4) is 0 Å². The van der Waals surface area contributed by atoms with Crippen molar-refractivity contribution in [1.82, 2.24) is 14.5 Å². The standard InChI is InChI=1S/C23H31N3O5S/c1-18-9-10-21(31-18)20(25-13-15-30-16-14-25)17-24-23(27)19-7-3-4-8-22(19)32(28,29)26-11-5-2-6-12-26/h3-4,7-10,20H,2,5-6,11-17H2,1H3,(H,24,27). The SMILES string of the molecule is Cc1ccc(C(CNC(=O)c2ccccc2S(=O)(=O)N2CCCCC2)N2CCOCC2)o1. The van der Waals surface area contributed by atoms with Crippen molar-refractivity contribution in [2.75, 3.05) is 45.9 Å². The maximum absolute atomic E-state index is 13.2. The molecule has 8 nitrogen and oxygen atoms in total. The maximum atomic E-state index is 13.2. The number of morpholine rings is 1. The molecule has 2 aromatic rings. The zero-order chi connectivity index (χ0) is 22.6. The molecule has 3 heterocycles. The van der Waals surface area contributed by atoms with Crippen LogP contribution in [0.4, 0.5) is 0 Å². The number of benzene rings is 1. The second-order valence-electron chi connectivity index (χ2n) is 8.28. The third-order valence-corrected chi connectivity index (χ3v) is 8.05. The Morgan fingerprint density at radius 3 is 2.44 bits per heavy atom. The van der Waals surface area contributed by atoms with Gasteiger partial charge < -0.3 is 14.5 Å². The summed E-state index contributed by atoms with van der Waals surface area (Å²) in [5.41, 5.74) is 0.175. The van der Waals surface area contributed by atoms with Gasteiger partial charge in [-0.25, -0.2) is 8.42 Å². The molecule has 2 aliphatic heterocycles. The third kappa shape index (κ3) is 5.06. The molecule has 0 radical (unpaired) electrons. The van der Waals surface area contributed by atoms with Crippen molar-refractivity contribution in [3.63, 3.8) is 0 Å². The number of hydrogen-bond donors (Lipinski definition) is 1. The molecule has 2 fully saturated rings. The number of sulfonamides is 1. The van der Waals surface area contributed by atoms with Crippen LogP contribution in [0.15, 0.2) is 45.7 Å². The summed E-state index contributed by atoms with van der Waals surface area (Å²) in [6, 6.07) is 10.1. The van der Waals surface area contributed by atoms with E-state index in [0.717, 1.165) is 43.9 Å². The number of amides is 1. The van der Waals surface area contributed by atoms with Crippen LogP contribution >= 0.6 is 0 Å². The van der Waals surface area contributed by atoms with Gasteiger partial charge in [0.2, 0.25) is 10.0 Å². The summed E-state index contributed by atoms with van der Waals surface area (Å²) in [5, 5.41) is 2.96. The van der Waals surface area contributed by atoms with Gasteiger partial charge in [0, 0.05) is 32.7 Å². The van der Waals surface area contributed by atoms with Crippen LogP contribution in [0.2, 0.25) is 0 Å². The molecule has 2 aliphatic rings. The van der Waals surface area contributed by atoms with Crippen molar-refractivity contribution in [1.29, 1.82) is 0 Å². The third-order valence-electron chi connectivity index (χ3n) is 6.10. The minimum atomic E-state index is -3.72.